The third-order valence-corrected chi connectivity index (χ3v) is 6.36. The number of fused-ring (bicyclic) bond motifs is 1. The Hall–Kier alpha value is -2.79. The summed E-state index contributed by atoms with van der Waals surface area (Å²) in [5, 5.41) is 1.44. The molecule has 168 valence electrons. The number of benzene rings is 3. The average Bonchev–Trinajstić information content (AvgIpc) is 3.44. The van der Waals surface area contributed by atoms with Crippen LogP contribution in [0.4, 0.5) is 0 Å². The van der Waals surface area contributed by atoms with Crippen molar-refractivity contribution in [2.75, 3.05) is 0 Å². The van der Waals surface area contributed by atoms with Crippen LogP contribution in [0, 0.1) is 0 Å². The summed E-state index contributed by atoms with van der Waals surface area (Å²) in [6.45, 7) is 1.99. The molecule has 2 heterocycles. The van der Waals surface area contributed by atoms with Gasteiger partial charge < -0.3 is 9.47 Å². The first-order chi connectivity index (χ1) is 16.1. The minimum Gasteiger partial charge on any atom is -0.486 e. The van der Waals surface area contributed by atoms with Crippen molar-refractivity contribution in [3.8, 4) is 5.75 Å². The van der Waals surface area contributed by atoms with Gasteiger partial charge in [0.2, 0.25) is 6.33 Å². The zero-order chi connectivity index (χ0) is 22.6. The summed E-state index contributed by atoms with van der Waals surface area (Å²) in [6.07, 6.45) is 7.25. The second-order valence-corrected chi connectivity index (χ2v) is 9.21. The van der Waals surface area contributed by atoms with Gasteiger partial charge in [0.25, 0.3) is 0 Å². The Morgan fingerprint density at radius 1 is 0.970 bits per heavy atom. The van der Waals surface area contributed by atoms with Crippen LogP contribution >= 0.6 is 23.2 Å². The van der Waals surface area contributed by atoms with E-state index in [9.17, 15) is 0 Å². The summed E-state index contributed by atoms with van der Waals surface area (Å²) in [6, 6.07) is 23.9. The molecule has 0 radical (unpaired) electrons. The number of ether oxygens (including phenoxy) is 2. The lowest BCUT2D eigenvalue weighted by molar-refractivity contribution is -0.705. The van der Waals surface area contributed by atoms with Gasteiger partial charge in [-0.2, -0.15) is 0 Å². The molecule has 2 atom stereocenters. The number of halogens is 2. The topological polar surface area (TPSA) is 27.3 Å². The predicted octanol–water partition coefficient (Wildman–Crippen LogP) is 6.04. The molecule has 0 saturated carbocycles. The summed E-state index contributed by atoms with van der Waals surface area (Å²) < 4.78 is 16.8. The summed E-state index contributed by atoms with van der Waals surface area (Å²) in [5.74, 6) is 1.00. The van der Waals surface area contributed by atoms with Gasteiger partial charge in [-0.25, -0.2) is 9.13 Å². The van der Waals surface area contributed by atoms with Crippen molar-refractivity contribution in [1.29, 1.82) is 0 Å². The molecule has 2 unspecified atom stereocenters. The first kappa shape index (κ1) is 22.0. The van der Waals surface area contributed by atoms with Crippen LogP contribution in [0.15, 0.2) is 91.5 Å². The smallest absolute Gasteiger partial charge is 0.243 e. The van der Waals surface area contributed by atoms with E-state index in [0.29, 0.717) is 18.2 Å². The monoisotopic (exact) mass is 479 g/mol. The van der Waals surface area contributed by atoms with Gasteiger partial charge >= 0.3 is 0 Å². The molecule has 0 amide bonds. The zero-order valence-corrected chi connectivity index (χ0v) is 19.6. The van der Waals surface area contributed by atoms with E-state index in [1.807, 2.05) is 60.7 Å². The molecular weight excluding hydrogens is 455 g/mol. The summed E-state index contributed by atoms with van der Waals surface area (Å²) in [4.78, 5) is 0. The molecule has 1 aromatic heterocycles. The highest BCUT2D eigenvalue weighted by Crippen LogP contribution is 2.28. The SMILES string of the molecule is Clc1ccc(COC(C[n+]2ccn(CC3Cc4ccccc4O3)c2)c2ccc(Cl)cc2)cc1. The quantitative estimate of drug-likeness (QED) is 0.288. The Morgan fingerprint density at radius 2 is 1.70 bits per heavy atom. The molecule has 4 aromatic rings. The fraction of sp³-hybridized carbons (Fsp3) is 0.222. The second-order valence-electron chi connectivity index (χ2n) is 8.34. The van der Waals surface area contributed by atoms with Gasteiger partial charge in [0.15, 0.2) is 0 Å². The Kier molecular flexibility index (Phi) is 6.68. The maximum atomic E-state index is 6.34. The van der Waals surface area contributed by atoms with Crippen LogP contribution < -0.4 is 9.30 Å². The van der Waals surface area contributed by atoms with Crippen molar-refractivity contribution in [3.05, 3.63) is 118 Å². The van der Waals surface area contributed by atoms with E-state index < -0.39 is 0 Å². The molecule has 1 aliphatic heterocycles. The van der Waals surface area contributed by atoms with E-state index in [2.05, 4.69) is 40.0 Å². The van der Waals surface area contributed by atoms with Crippen LogP contribution in [-0.4, -0.2) is 10.7 Å². The van der Waals surface area contributed by atoms with Gasteiger partial charge in [-0.1, -0.05) is 65.7 Å². The minimum atomic E-state index is -0.120. The highest BCUT2D eigenvalue weighted by atomic mass is 35.5. The minimum absolute atomic E-state index is 0.120. The Bertz CT molecular complexity index is 1180. The lowest BCUT2D eigenvalue weighted by Gasteiger charge is -2.17. The van der Waals surface area contributed by atoms with Gasteiger partial charge in [-0.3, -0.25) is 0 Å². The van der Waals surface area contributed by atoms with Crippen LogP contribution in [0.1, 0.15) is 22.8 Å². The van der Waals surface area contributed by atoms with E-state index in [-0.39, 0.29) is 12.2 Å². The zero-order valence-electron chi connectivity index (χ0n) is 18.1. The lowest BCUT2D eigenvalue weighted by Crippen LogP contribution is -2.36. The fourth-order valence-corrected chi connectivity index (χ4v) is 4.40. The van der Waals surface area contributed by atoms with E-state index >= 15 is 0 Å². The maximum Gasteiger partial charge on any atom is 0.243 e. The molecule has 0 aliphatic carbocycles. The lowest BCUT2D eigenvalue weighted by atomic mass is 10.1. The number of hydrogen-bond acceptors (Lipinski definition) is 2. The molecular formula is C27H25Cl2N2O2+. The van der Waals surface area contributed by atoms with Gasteiger partial charge in [-0.05, 0) is 47.0 Å². The highest BCUT2D eigenvalue weighted by Gasteiger charge is 2.25. The number of hydrogen-bond donors (Lipinski definition) is 0. The van der Waals surface area contributed by atoms with Gasteiger partial charge in [0, 0.05) is 16.5 Å². The molecule has 0 saturated heterocycles. The van der Waals surface area contributed by atoms with Gasteiger partial charge in [0.1, 0.15) is 43.4 Å². The number of aromatic nitrogens is 2. The number of para-hydroxylation sites is 1. The van der Waals surface area contributed by atoms with E-state index in [1.165, 1.54) is 5.56 Å². The number of imidazole rings is 1. The molecule has 1 aliphatic rings. The van der Waals surface area contributed by atoms with E-state index in [0.717, 1.165) is 34.9 Å². The first-order valence-corrected chi connectivity index (χ1v) is 11.8. The molecule has 33 heavy (non-hydrogen) atoms. The van der Waals surface area contributed by atoms with Gasteiger partial charge in [0.05, 0.1) is 6.61 Å². The molecule has 0 N–H and O–H groups in total. The largest absolute Gasteiger partial charge is 0.486 e. The van der Waals surface area contributed by atoms with Crippen molar-refractivity contribution in [3.63, 3.8) is 0 Å². The fourth-order valence-electron chi connectivity index (χ4n) is 4.15. The average molecular weight is 480 g/mol. The molecule has 3 aromatic carbocycles. The molecule has 0 spiro atoms. The van der Waals surface area contributed by atoms with Crippen LogP contribution in [-0.2, 0) is 30.9 Å². The second kappa shape index (κ2) is 10.0. The van der Waals surface area contributed by atoms with Crippen LogP contribution in [0.25, 0.3) is 0 Å². The molecule has 5 rings (SSSR count). The predicted molar refractivity (Wildman–Crippen MR) is 130 cm³/mol. The standard InChI is InChI=1S/C27H25Cl2N2O2/c28-23-9-5-20(6-10-23)18-32-27(21-7-11-24(29)12-8-21)17-31-14-13-30(19-31)16-25-15-22-3-1-2-4-26(22)33-25/h1-14,19,25,27H,15-18H2/q+1. The van der Waals surface area contributed by atoms with Crippen molar-refractivity contribution < 1.29 is 14.0 Å². The molecule has 6 heteroatoms. The molecule has 0 bridgehead atoms. The van der Waals surface area contributed by atoms with Crippen molar-refractivity contribution in [2.45, 2.75) is 38.3 Å². The van der Waals surface area contributed by atoms with Crippen molar-refractivity contribution in [2.24, 2.45) is 0 Å². The van der Waals surface area contributed by atoms with Gasteiger partial charge in [-0.15, -0.1) is 0 Å². The highest BCUT2D eigenvalue weighted by molar-refractivity contribution is 6.30. The molecule has 4 nitrogen and oxygen atoms in total. The van der Waals surface area contributed by atoms with Crippen LogP contribution in [0.3, 0.4) is 0 Å². The van der Waals surface area contributed by atoms with Crippen molar-refractivity contribution in [1.82, 2.24) is 4.57 Å². The third kappa shape index (κ3) is 5.59. The van der Waals surface area contributed by atoms with Crippen molar-refractivity contribution >= 4 is 23.2 Å². The normalized spacial score (nSPS) is 15.8. The van der Waals surface area contributed by atoms with E-state index in [4.69, 9.17) is 32.7 Å². The van der Waals surface area contributed by atoms with Crippen LogP contribution in [0.5, 0.6) is 5.75 Å². The third-order valence-electron chi connectivity index (χ3n) is 5.86. The summed E-state index contributed by atoms with van der Waals surface area (Å²) >= 11 is 12.1. The Morgan fingerprint density at radius 3 is 2.45 bits per heavy atom. The van der Waals surface area contributed by atoms with Crippen LogP contribution in [0.2, 0.25) is 10.0 Å². The first-order valence-electron chi connectivity index (χ1n) is 11.0. The summed E-state index contributed by atoms with van der Waals surface area (Å²) in [7, 11) is 0. The Balaban J connectivity index is 1.26. The number of rotatable bonds is 8. The molecule has 0 fully saturated rings. The number of nitrogens with zero attached hydrogens (tertiary/aromatic N) is 2. The summed E-state index contributed by atoms with van der Waals surface area (Å²) in [5.41, 5.74) is 3.45. The maximum absolute atomic E-state index is 6.34. The van der Waals surface area contributed by atoms with E-state index in [1.54, 1.807) is 0 Å². The Labute approximate surface area is 203 Å².